The van der Waals surface area contributed by atoms with Crippen LogP contribution in [0.4, 0.5) is 14.0 Å². The van der Waals surface area contributed by atoms with E-state index in [1.807, 2.05) is 0 Å². The maximum atomic E-state index is 13.6. The van der Waals surface area contributed by atoms with Gasteiger partial charge in [0.15, 0.2) is 0 Å². The fourth-order valence-electron chi connectivity index (χ4n) is 2.15. The number of ether oxygens (including phenoxy) is 3. The number of carbonyl (C=O) groups excluding carboxylic acids is 2. The van der Waals surface area contributed by atoms with Crippen LogP contribution in [0.15, 0.2) is 30.9 Å². The molecule has 1 aromatic rings. The molecule has 2 amide bonds. The molecule has 7 nitrogen and oxygen atoms in total. The van der Waals surface area contributed by atoms with Crippen LogP contribution in [-0.4, -0.2) is 37.5 Å². The van der Waals surface area contributed by atoms with Gasteiger partial charge in [-0.2, -0.15) is 0 Å². The lowest BCUT2D eigenvalue weighted by Crippen LogP contribution is -2.33. The molecule has 0 saturated heterocycles. The van der Waals surface area contributed by atoms with E-state index in [4.69, 9.17) is 14.2 Å². The smallest absolute Gasteiger partial charge is 0.407 e. The van der Waals surface area contributed by atoms with E-state index in [2.05, 4.69) is 17.2 Å². The number of amides is 2. The maximum Gasteiger partial charge on any atom is 0.407 e. The Hall–Kier alpha value is -2.77. The first-order valence-electron chi connectivity index (χ1n) is 9.07. The number of carbonyl (C=O) groups is 2. The minimum absolute atomic E-state index is 0.267. The van der Waals surface area contributed by atoms with Crippen molar-refractivity contribution in [3.05, 3.63) is 42.2 Å². The van der Waals surface area contributed by atoms with Crippen molar-refractivity contribution in [1.29, 1.82) is 0 Å². The van der Waals surface area contributed by atoms with Gasteiger partial charge in [-0.15, -0.1) is 6.58 Å². The number of halogens is 1. The fraction of sp³-hybridized carbons (Fsp3) is 0.500. The van der Waals surface area contributed by atoms with Crippen LogP contribution in [-0.2, 0) is 9.47 Å². The average Bonchev–Trinajstić information content (AvgIpc) is 2.59. The van der Waals surface area contributed by atoms with Crippen molar-refractivity contribution < 1.29 is 28.2 Å². The first kappa shape index (κ1) is 23.3. The van der Waals surface area contributed by atoms with E-state index in [9.17, 15) is 14.0 Å². The molecule has 8 heteroatoms. The quantitative estimate of drug-likeness (QED) is 0.485. The summed E-state index contributed by atoms with van der Waals surface area (Å²) in [5.74, 6) is -0.0569. The fourth-order valence-corrected chi connectivity index (χ4v) is 2.15. The molecule has 0 aliphatic rings. The summed E-state index contributed by atoms with van der Waals surface area (Å²) in [6.07, 6.45) is 0.195. The third-order valence-electron chi connectivity index (χ3n) is 3.33. The van der Waals surface area contributed by atoms with Gasteiger partial charge in [0.25, 0.3) is 0 Å². The van der Waals surface area contributed by atoms with E-state index in [-0.39, 0.29) is 13.2 Å². The second kappa shape index (κ2) is 11.2. The van der Waals surface area contributed by atoms with Gasteiger partial charge in [0.2, 0.25) is 0 Å². The molecule has 0 spiro atoms. The van der Waals surface area contributed by atoms with Crippen LogP contribution in [0.5, 0.6) is 5.75 Å². The van der Waals surface area contributed by atoms with Gasteiger partial charge in [-0.05, 0) is 52.3 Å². The molecule has 0 heterocycles. The highest BCUT2D eigenvalue weighted by Gasteiger charge is 2.18. The Labute approximate surface area is 165 Å². The van der Waals surface area contributed by atoms with Crippen LogP contribution < -0.4 is 15.4 Å². The molecule has 1 rings (SSSR count). The molecular formula is C20H29FN2O5. The second-order valence-corrected chi connectivity index (χ2v) is 7.03. The van der Waals surface area contributed by atoms with E-state index in [1.165, 1.54) is 24.3 Å². The standard InChI is InChI=1S/C20H29FN2O5/c1-6-10-22-18(24)27-14(2)16-13-15(21)8-9-17(16)26-12-7-11-23-19(25)28-20(3,4)5/h6,8-9,13-14H,1,7,10-12H2,2-5H3,(H,22,24)(H,23,25). The topological polar surface area (TPSA) is 85.9 Å². The Balaban J connectivity index is 2.54. The monoisotopic (exact) mass is 396 g/mol. The molecule has 0 saturated carbocycles. The van der Waals surface area contributed by atoms with Crippen LogP contribution >= 0.6 is 0 Å². The molecule has 0 bridgehead atoms. The van der Waals surface area contributed by atoms with Crippen molar-refractivity contribution in [3.8, 4) is 5.75 Å². The zero-order valence-electron chi connectivity index (χ0n) is 16.8. The third-order valence-corrected chi connectivity index (χ3v) is 3.33. The van der Waals surface area contributed by atoms with Crippen molar-refractivity contribution in [3.63, 3.8) is 0 Å². The summed E-state index contributed by atoms with van der Waals surface area (Å²) in [6.45, 7) is 11.4. The van der Waals surface area contributed by atoms with E-state index >= 15 is 0 Å². The number of hydrogen-bond acceptors (Lipinski definition) is 5. The van der Waals surface area contributed by atoms with Gasteiger partial charge < -0.3 is 24.8 Å². The summed E-state index contributed by atoms with van der Waals surface area (Å²) in [4.78, 5) is 23.3. The van der Waals surface area contributed by atoms with E-state index in [0.29, 0.717) is 24.3 Å². The van der Waals surface area contributed by atoms with Crippen LogP contribution in [0.2, 0.25) is 0 Å². The lowest BCUT2D eigenvalue weighted by Gasteiger charge is -2.20. The second-order valence-electron chi connectivity index (χ2n) is 7.03. The van der Waals surface area contributed by atoms with Crippen LogP contribution in [0.3, 0.4) is 0 Å². The summed E-state index contributed by atoms with van der Waals surface area (Å²) in [5.41, 5.74) is -0.147. The van der Waals surface area contributed by atoms with Gasteiger partial charge >= 0.3 is 12.2 Å². The molecule has 156 valence electrons. The van der Waals surface area contributed by atoms with Crippen molar-refractivity contribution in [2.24, 2.45) is 0 Å². The molecule has 28 heavy (non-hydrogen) atoms. The lowest BCUT2D eigenvalue weighted by atomic mass is 10.1. The average molecular weight is 396 g/mol. The molecule has 0 fully saturated rings. The van der Waals surface area contributed by atoms with Crippen molar-refractivity contribution in [2.75, 3.05) is 19.7 Å². The Bertz CT molecular complexity index is 673. The summed E-state index contributed by atoms with van der Waals surface area (Å²) < 4.78 is 29.7. The predicted octanol–water partition coefficient (Wildman–Crippen LogP) is 4.09. The molecule has 0 radical (unpaired) electrons. The molecule has 1 atom stereocenters. The summed E-state index contributed by atoms with van der Waals surface area (Å²) >= 11 is 0. The molecular weight excluding hydrogens is 367 g/mol. The Morgan fingerprint density at radius 1 is 1.25 bits per heavy atom. The minimum atomic E-state index is -0.713. The van der Waals surface area contributed by atoms with E-state index < -0.39 is 29.7 Å². The van der Waals surface area contributed by atoms with E-state index in [0.717, 1.165) is 0 Å². The highest BCUT2D eigenvalue weighted by atomic mass is 19.1. The Morgan fingerprint density at radius 3 is 2.61 bits per heavy atom. The first-order valence-corrected chi connectivity index (χ1v) is 9.07. The number of alkyl carbamates (subject to hydrolysis) is 2. The van der Waals surface area contributed by atoms with E-state index in [1.54, 1.807) is 27.7 Å². The zero-order chi connectivity index (χ0) is 21.2. The third kappa shape index (κ3) is 9.25. The SMILES string of the molecule is C=CCNC(=O)OC(C)c1cc(F)ccc1OCCCNC(=O)OC(C)(C)C. The van der Waals surface area contributed by atoms with Crippen LogP contribution in [0.1, 0.15) is 45.8 Å². The number of benzene rings is 1. The summed E-state index contributed by atoms with van der Waals surface area (Å²) in [7, 11) is 0. The van der Waals surface area contributed by atoms with Gasteiger partial charge in [0.1, 0.15) is 23.3 Å². The van der Waals surface area contributed by atoms with Gasteiger partial charge in [-0.3, -0.25) is 0 Å². The lowest BCUT2D eigenvalue weighted by molar-refractivity contribution is 0.0525. The number of rotatable bonds is 9. The van der Waals surface area contributed by atoms with Gasteiger partial charge in [0.05, 0.1) is 6.61 Å². The van der Waals surface area contributed by atoms with Crippen molar-refractivity contribution in [1.82, 2.24) is 10.6 Å². The van der Waals surface area contributed by atoms with Crippen LogP contribution in [0, 0.1) is 5.82 Å². The number of hydrogen-bond donors (Lipinski definition) is 2. The highest BCUT2D eigenvalue weighted by Crippen LogP contribution is 2.28. The Kier molecular flexibility index (Phi) is 9.27. The number of nitrogens with one attached hydrogen (secondary N) is 2. The maximum absolute atomic E-state index is 13.6. The van der Waals surface area contributed by atoms with Crippen molar-refractivity contribution in [2.45, 2.75) is 45.8 Å². The molecule has 1 aromatic carbocycles. The molecule has 0 aliphatic carbocycles. The zero-order valence-corrected chi connectivity index (χ0v) is 16.8. The molecule has 0 aliphatic heterocycles. The molecule has 2 N–H and O–H groups in total. The largest absolute Gasteiger partial charge is 0.493 e. The Morgan fingerprint density at radius 2 is 1.96 bits per heavy atom. The van der Waals surface area contributed by atoms with Gasteiger partial charge in [-0.1, -0.05) is 6.08 Å². The predicted molar refractivity (Wildman–Crippen MR) is 104 cm³/mol. The molecule has 0 aromatic heterocycles. The van der Waals surface area contributed by atoms with Gasteiger partial charge in [0, 0.05) is 18.7 Å². The molecule has 1 unspecified atom stereocenters. The van der Waals surface area contributed by atoms with Crippen LogP contribution in [0.25, 0.3) is 0 Å². The van der Waals surface area contributed by atoms with Crippen molar-refractivity contribution >= 4 is 12.2 Å². The summed E-state index contributed by atoms with van der Waals surface area (Å²) in [5, 5.41) is 5.12. The summed E-state index contributed by atoms with van der Waals surface area (Å²) in [6, 6.07) is 4.01. The first-order chi connectivity index (χ1) is 13.1. The normalized spacial score (nSPS) is 11.9. The van der Waals surface area contributed by atoms with Gasteiger partial charge in [-0.25, -0.2) is 14.0 Å². The minimum Gasteiger partial charge on any atom is -0.493 e. The highest BCUT2D eigenvalue weighted by molar-refractivity contribution is 5.68.